The molecular formula is C28H24BrClN2O5. The van der Waals surface area contributed by atoms with Crippen LogP contribution in [0.5, 0.6) is 11.5 Å². The zero-order valence-corrected chi connectivity index (χ0v) is 22.8. The van der Waals surface area contributed by atoms with Crippen LogP contribution in [0.2, 0.25) is 5.02 Å². The van der Waals surface area contributed by atoms with Crippen molar-refractivity contribution in [2.24, 2.45) is 0 Å². The van der Waals surface area contributed by atoms with Gasteiger partial charge in [0.1, 0.15) is 12.2 Å². The highest BCUT2D eigenvalue weighted by molar-refractivity contribution is 9.10. The van der Waals surface area contributed by atoms with Crippen LogP contribution < -0.4 is 19.7 Å². The number of nitrogens with zero attached hydrogens (tertiary/aromatic N) is 1. The second-order valence-electron chi connectivity index (χ2n) is 8.43. The van der Waals surface area contributed by atoms with Crippen molar-refractivity contribution in [2.75, 3.05) is 11.5 Å². The Bertz CT molecular complexity index is 1440. The predicted octanol–water partition coefficient (Wildman–Crippen LogP) is 6.36. The zero-order valence-electron chi connectivity index (χ0n) is 20.4. The van der Waals surface area contributed by atoms with E-state index in [-0.39, 0.29) is 11.3 Å². The van der Waals surface area contributed by atoms with Crippen molar-refractivity contribution in [3.05, 3.63) is 91.9 Å². The van der Waals surface area contributed by atoms with Crippen molar-refractivity contribution in [3.63, 3.8) is 0 Å². The summed E-state index contributed by atoms with van der Waals surface area (Å²) in [6.07, 6.45) is 1.41. The first-order chi connectivity index (χ1) is 17.7. The van der Waals surface area contributed by atoms with Crippen LogP contribution >= 0.6 is 27.5 Å². The molecule has 190 valence electrons. The molecule has 4 amide bonds. The summed E-state index contributed by atoms with van der Waals surface area (Å²) in [6, 6.07) is 15.3. The Morgan fingerprint density at radius 1 is 1.03 bits per heavy atom. The third kappa shape index (κ3) is 5.87. The van der Waals surface area contributed by atoms with E-state index in [1.807, 2.05) is 38.1 Å². The van der Waals surface area contributed by atoms with Crippen LogP contribution in [0.4, 0.5) is 10.5 Å². The van der Waals surface area contributed by atoms with Crippen LogP contribution in [0.25, 0.3) is 6.08 Å². The number of hydrogen-bond donors (Lipinski definition) is 1. The van der Waals surface area contributed by atoms with E-state index in [4.69, 9.17) is 21.1 Å². The molecule has 1 N–H and O–H groups in total. The number of rotatable bonds is 7. The number of nitrogens with one attached hydrogen (secondary N) is 1. The maximum Gasteiger partial charge on any atom is 0.335 e. The zero-order chi connectivity index (χ0) is 26.7. The molecule has 1 fully saturated rings. The molecule has 9 heteroatoms. The van der Waals surface area contributed by atoms with Crippen molar-refractivity contribution in [3.8, 4) is 11.5 Å². The van der Waals surface area contributed by atoms with Crippen LogP contribution in [0.3, 0.4) is 0 Å². The Labute approximate surface area is 228 Å². The molecule has 37 heavy (non-hydrogen) atoms. The molecule has 0 bridgehead atoms. The van der Waals surface area contributed by atoms with E-state index < -0.39 is 17.8 Å². The average Bonchev–Trinajstić information content (AvgIpc) is 2.83. The second-order valence-corrected chi connectivity index (χ2v) is 9.69. The molecule has 0 aromatic heterocycles. The summed E-state index contributed by atoms with van der Waals surface area (Å²) in [4.78, 5) is 39.3. The van der Waals surface area contributed by atoms with E-state index in [2.05, 4.69) is 21.2 Å². The molecule has 1 saturated heterocycles. The number of imide groups is 2. The van der Waals surface area contributed by atoms with Gasteiger partial charge in [0.05, 0.1) is 16.8 Å². The van der Waals surface area contributed by atoms with Gasteiger partial charge in [0, 0.05) is 5.02 Å². The first kappa shape index (κ1) is 26.4. The molecule has 0 unspecified atom stereocenters. The Balaban J connectivity index is 1.67. The van der Waals surface area contributed by atoms with Gasteiger partial charge in [-0.1, -0.05) is 47.5 Å². The maximum atomic E-state index is 13.3. The molecular weight excluding hydrogens is 560 g/mol. The SMILES string of the molecule is CCOc1cc(/C=C2/C(=O)NC(=O)N(c3ccc(C)c(Cl)c3)C2=O)cc(Br)c1OCc1cccc(C)c1. The largest absolute Gasteiger partial charge is 0.490 e. The molecule has 4 rings (SSSR count). The highest BCUT2D eigenvalue weighted by atomic mass is 79.9. The van der Waals surface area contributed by atoms with Gasteiger partial charge in [-0.2, -0.15) is 0 Å². The normalized spacial score (nSPS) is 14.7. The molecule has 3 aromatic rings. The van der Waals surface area contributed by atoms with Crippen molar-refractivity contribution in [2.45, 2.75) is 27.4 Å². The number of carbonyl (C=O) groups is 3. The molecule has 0 aliphatic carbocycles. The Hall–Kier alpha value is -3.62. The van der Waals surface area contributed by atoms with Gasteiger partial charge in [0.15, 0.2) is 11.5 Å². The number of hydrogen-bond acceptors (Lipinski definition) is 5. The smallest absolute Gasteiger partial charge is 0.335 e. The van der Waals surface area contributed by atoms with Crippen LogP contribution in [0, 0.1) is 13.8 Å². The van der Waals surface area contributed by atoms with Gasteiger partial charge in [0.25, 0.3) is 11.8 Å². The van der Waals surface area contributed by atoms with Crippen LogP contribution in [0.1, 0.15) is 29.2 Å². The van der Waals surface area contributed by atoms with Crippen molar-refractivity contribution in [1.82, 2.24) is 5.32 Å². The standard InChI is InChI=1S/C28H24BrClN2O5/c1-4-36-24-13-19(12-22(29)25(24)37-15-18-7-5-6-16(2)10-18)11-21-26(33)31-28(35)32(27(21)34)20-9-8-17(3)23(30)14-20/h5-14H,4,15H2,1-3H3,(H,31,33,35)/b21-11-. The first-order valence-electron chi connectivity index (χ1n) is 11.5. The van der Waals surface area contributed by atoms with E-state index in [1.165, 1.54) is 12.1 Å². The number of benzene rings is 3. The molecule has 0 radical (unpaired) electrons. The Morgan fingerprint density at radius 2 is 1.81 bits per heavy atom. The van der Waals surface area contributed by atoms with Gasteiger partial charge in [-0.25, -0.2) is 9.69 Å². The van der Waals surface area contributed by atoms with Gasteiger partial charge in [0.2, 0.25) is 0 Å². The summed E-state index contributed by atoms with van der Waals surface area (Å²) in [7, 11) is 0. The molecule has 7 nitrogen and oxygen atoms in total. The van der Waals surface area contributed by atoms with Gasteiger partial charge in [-0.05, 0) is 83.7 Å². The number of anilines is 1. The van der Waals surface area contributed by atoms with Crippen molar-refractivity contribution in [1.29, 1.82) is 0 Å². The van der Waals surface area contributed by atoms with Crippen LogP contribution in [-0.2, 0) is 16.2 Å². The van der Waals surface area contributed by atoms with Gasteiger partial charge in [-0.15, -0.1) is 0 Å². The first-order valence-corrected chi connectivity index (χ1v) is 12.7. The second kappa shape index (κ2) is 11.2. The predicted molar refractivity (Wildman–Crippen MR) is 146 cm³/mol. The number of urea groups is 1. The summed E-state index contributed by atoms with van der Waals surface area (Å²) >= 11 is 9.72. The summed E-state index contributed by atoms with van der Waals surface area (Å²) in [5, 5.41) is 2.62. The molecule has 3 aromatic carbocycles. The van der Waals surface area contributed by atoms with Crippen molar-refractivity contribution >= 4 is 57.1 Å². The van der Waals surface area contributed by atoms with Gasteiger partial charge >= 0.3 is 6.03 Å². The minimum Gasteiger partial charge on any atom is -0.490 e. The fourth-order valence-corrected chi connectivity index (χ4v) is 4.56. The number of halogens is 2. The topological polar surface area (TPSA) is 84.9 Å². The van der Waals surface area contributed by atoms with Crippen molar-refractivity contribution < 1.29 is 23.9 Å². The quantitative estimate of drug-likeness (QED) is 0.258. The lowest BCUT2D eigenvalue weighted by molar-refractivity contribution is -0.122. The van der Waals surface area contributed by atoms with Crippen LogP contribution in [0.15, 0.2) is 64.6 Å². The number of carbonyl (C=O) groups excluding carboxylic acids is 3. The molecule has 0 saturated carbocycles. The van der Waals surface area contributed by atoms with E-state index in [0.717, 1.165) is 21.6 Å². The fraction of sp³-hybridized carbons (Fsp3) is 0.179. The summed E-state index contributed by atoms with van der Waals surface area (Å²) in [5.41, 5.74) is 3.48. The molecule has 1 aliphatic rings. The van der Waals surface area contributed by atoms with E-state index in [9.17, 15) is 14.4 Å². The van der Waals surface area contributed by atoms with E-state index in [1.54, 1.807) is 31.2 Å². The van der Waals surface area contributed by atoms with E-state index >= 15 is 0 Å². The fourth-order valence-electron chi connectivity index (χ4n) is 3.81. The van der Waals surface area contributed by atoms with Gasteiger partial charge in [-0.3, -0.25) is 14.9 Å². The average molecular weight is 584 g/mol. The Morgan fingerprint density at radius 3 is 2.51 bits per heavy atom. The summed E-state index contributed by atoms with van der Waals surface area (Å²) < 4.78 is 12.4. The Kier molecular flexibility index (Phi) is 8.00. The minimum atomic E-state index is -0.844. The van der Waals surface area contributed by atoms with Crippen LogP contribution in [-0.4, -0.2) is 24.5 Å². The summed E-state index contributed by atoms with van der Waals surface area (Å²) in [6.45, 7) is 6.37. The molecule has 0 spiro atoms. The third-order valence-electron chi connectivity index (χ3n) is 5.62. The number of amides is 4. The summed E-state index contributed by atoms with van der Waals surface area (Å²) in [5.74, 6) is -0.616. The number of ether oxygens (including phenoxy) is 2. The third-order valence-corrected chi connectivity index (χ3v) is 6.62. The molecule has 0 atom stereocenters. The number of aryl methyl sites for hydroxylation is 2. The van der Waals surface area contributed by atoms with E-state index in [0.29, 0.717) is 39.8 Å². The molecule has 1 heterocycles. The number of barbiturate groups is 1. The maximum absolute atomic E-state index is 13.3. The molecule has 1 aliphatic heterocycles. The minimum absolute atomic E-state index is 0.209. The highest BCUT2D eigenvalue weighted by Crippen LogP contribution is 2.38. The van der Waals surface area contributed by atoms with Gasteiger partial charge < -0.3 is 9.47 Å². The lowest BCUT2D eigenvalue weighted by atomic mass is 10.1. The lowest BCUT2D eigenvalue weighted by Gasteiger charge is -2.26. The highest BCUT2D eigenvalue weighted by Gasteiger charge is 2.37. The lowest BCUT2D eigenvalue weighted by Crippen LogP contribution is -2.54. The monoisotopic (exact) mass is 582 g/mol.